The lowest BCUT2D eigenvalue weighted by molar-refractivity contribution is 0.0601. The van der Waals surface area contributed by atoms with E-state index in [1.165, 1.54) is 12.0 Å². The number of hydrogen-bond acceptors (Lipinski definition) is 7. The number of aromatic nitrogens is 1. The van der Waals surface area contributed by atoms with Crippen molar-refractivity contribution >= 4 is 51.4 Å². The Labute approximate surface area is 154 Å². The Morgan fingerprint density at radius 2 is 2.00 bits per heavy atom. The van der Waals surface area contributed by atoms with Crippen LogP contribution in [0.2, 0.25) is 0 Å². The van der Waals surface area contributed by atoms with Crippen LogP contribution in [0.4, 0.5) is 10.8 Å². The summed E-state index contributed by atoms with van der Waals surface area (Å²) in [6.07, 6.45) is 0. The van der Waals surface area contributed by atoms with Gasteiger partial charge in [0.05, 0.1) is 17.6 Å². The van der Waals surface area contributed by atoms with Gasteiger partial charge in [-0.15, -0.1) is 11.3 Å². The van der Waals surface area contributed by atoms with Gasteiger partial charge < -0.3 is 24.8 Å². The van der Waals surface area contributed by atoms with E-state index in [-0.39, 0.29) is 16.6 Å². The molecule has 0 unspecified atom stereocenters. The number of rotatable bonds is 4. The topological polar surface area (TPSA) is 96.7 Å². The van der Waals surface area contributed by atoms with Crippen molar-refractivity contribution in [1.29, 1.82) is 0 Å². The summed E-state index contributed by atoms with van der Waals surface area (Å²) in [5.74, 6) is 0.319. The normalized spacial score (nSPS) is 10.3. The highest BCUT2D eigenvalue weighted by molar-refractivity contribution is 7.80. The molecule has 0 spiro atoms. The van der Waals surface area contributed by atoms with Crippen LogP contribution in [0.15, 0.2) is 10.6 Å². The van der Waals surface area contributed by atoms with Gasteiger partial charge in [0.25, 0.3) is 5.91 Å². The van der Waals surface area contributed by atoms with Crippen molar-refractivity contribution in [2.75, 3.05) is 31.8 Å². The molecule has 0 saturated carbocycles. The number of esters is 1. The first kappa shape index (κ1) is 18.9. The molecule has 0 aliphatic heterocycles. The molecule has 2 N–H and O–H groups in total. The van der Waals surface area contributed by atoms with Crippen molar-refractivity contribution in [3.63, 3.8) is 0 Å². The summed E-state index contributed by atoms with van der Waals surface area (Å²) >= 11 is 6.37. The summed E-state index contributed by atoms with van der Waals surface area (Å²) in [5, 5.41) is 10.2. The van der Waals surface area contributed by atoms with Crippen LogP contribution in [0.1, 0.15) is 31.4 Å². The number of methoxy groups -OCH3 is 1. The van der Waals surface area contributed by atoms with Crippen molar-refractivity contribution in [2.24, 2.45) is 0 Å². The Morgan fingerprint density at radius 1 is 1.32 bits per heavy atom. The van der Waals surface area contributed by atoms with Crippen LogP contribution in [0.25, 0.3) is 0 Å². The van der Waals surface area contributed by atoms with Crippen LogP contribution in [0, 0.1) is 13.8 Å². The van der Waals surface area contributed by atoms with Gasteiger partial charge in [-0.3, -0.25) is 4.79 Å². The van der Waals surface area contributed by atoms with Crippen LogP contribution in [0.5, 0.6) is 0 Å². The molecule has 10 heteroatoms. The summed E-state index contributed by atoms with van der Waals surface area (Å²) in [6.45, 7) is 3.45. The van der Waals surface area contributed by atoms with Crippen molar-refractivity contribution in [3.05, 3.63) is 27.8 Å². The highest BCUT2D eigenvalue weighted by Gasteiger charge is 2.26. The van der Waals surface area contributed by atoms with Gasteiger partial charge in [-0.2, -0.15) is 0 Å². The first-order chi connectivity index (χ1) is 11.7. The third-order valence-corrected chi connectivity index (χ3v) is 4.63. The number of nitrogens with zero attached hydrogens (tertiary/aromatic N) is 2. The molecule has 0 fully saturated rings. The molecular formula is C15H18N4O4S2. The second-order valence-electron chi connectivity index (χ2n) is 5.35. The lowest BCUT2D eigenvalue weighted by Crippen LogP contribution is -2.21. The van der Waals surface area contributed by atoms with Crippen LogP contribution in [-0.4, -0.2) is 48.3 Å². The average molecular weight is 382 g/mol. The minimum atomic E-state index is -0.547. The van der Waals surface area contributed by atoms with Gasteiger partial charge in [-0.1, -0.05) is 5.16 Å². The summed E-state index contributed by atoms with van der Waals surface area (Å²) in [7, 11) is 4.57. The molecule has 0 aromatic carbocycles. The predicted molar refractivity (Wildman–Crippen MR) is 99.5 cm³/mol. The maximum Gasteiger partial charge on any atom is 0.341 e. The average Bonchev–Trinajstić information content (AvgIpc) is 3.09. The van der Waals surface area contributed by atoms with E-state index < -0.39 is 5.97 Å². The molecule has 0 aliphatic rings. The third-order valence-electron chi connectivity index (χ3n) is 3.23. The first-order valence-corrected chi connectivity index (χ1v) is 8.41. The van der Waals surface area contributed by atoms with Crippen molar-refractivity contribution in [1.82, 2.24) is 10.1 Å². The Hall–Kier alpha value is -2.46. The van der Waals surface area contributed by atoms with Crippen molar-refractivity contribution in [2.45, 2.75) is 13.8 Å². The summed E-state index contributed by atoms with van der Waals surface area (Å²) < 4.78 is 9.78. The van der Waals surface area contributed by atoms with E-state index in [1.54, 1.807) is 34.0 Å². The lowest BCUT2D eigenvalue weighted by Gasteiger charge is -2.08. The van der Waals surface area contributed by atoms with Crippen molar-refractivity contribution in [3.8, 4) is 0 Å². The maximum absolute atomic E-state index is 12.3. The Bertz CT molecular complexity index is 826. The molecule has 25 heavy (non-hydrogen) atoms. The second kappa shape index (κ2) is 7.62. The van der Waals surface area contributed by atoms with E-state index in [9.17, 15) is 9.59 Å². The van der Waals surface area contributed by atoms with Crippen molar-refractivity contribution < 1.29 is 18.8 Å². The lowest BCUT2D eigenvalue weighted by atomic mass is 10.1. The highest BCUT2D eigenvalue weighted by Crippen LogP contribution is 2.34. The van der Waals surface area contributed by atoms with E-state index in [4.69, 9.17) is 21.5 Å². The minimum absolute atomic E-state index is 0.202. The number of thiocarbonyl (C=S) groups is 1. The number of anilines is 2. The SMILES string of the molecule is COC(=O)c1c(NC(=S)Nc2cc(C)on2)sc(C(=O)N(C)C)c1C. The standard InChI is InChI=1S/C15H18N4O4S2/c1-7-6-9(18-23-7)16-15(24)17-12-10(14(21)22-5)8(2)11(25-12)13(20)19(3)4/h6H,1-5H3,(H2,16,17,18,24). The first-order valence-electron chi connectivity index (χ1n) is 7.19. The molecule has 0 bridgehead atoms. The van der Waals surface area contributed by atoms with E-state index in [1.807, 2.05) is 0 Å². The van der Waals surface area contributed by atoms with Gasteiger partial charge in [0.15, 0.2) is 10.9 Å². The van der Waals surface area contributed by atoms with Gasteiger partial charge in [-0.05, 0) is 31.6 Å². The quantitative estimate of drug-likeness (QED) is 0.615. The summed E-state index contributed by atoms with van der Waals surface area (Å²) in [6, 6.07) is 1.68. The number of aryl methyl sites for hydroxylation is 1. The number of hydrogen-bond donors (Lipinski definition) is 2. The molecule has 2 aromatic rings. The van der Waals surface area contributed by atoms with E-state index >= 15 is 0 Å². The molecule has 134 valence electrons. The Balaban J connectivity index is 2.31. The van der Waals surface area contributed by atoms with E-state index in [0.29, 0.717) is 27.0 Å². The fraction of sp³-hybridized carbons (Fsp3) is 0.333. The maximum atomic E-state index is 12.3. The molecule has 0 saturated heterocycles. The van der Waals surface area contributed by atoms with Crippen LogP contribution in [0.3, 0.4) is 0 Å². The predicted octanol–water partition coefficient (Wildman–Crippen LogP) is 2.65. The fourth-order valence-electron chi connectivity index (χ4n) is 2.03. The summed E-state index contributed by atoms with van der Waals surface area (Å²) in [4.78, 5) is 26.3. The molecule has 8 nitrogen and oxygen atoms in total. The van der Waals surface area contributed by atoms with Gasteiger partial charge in [0, 0.05) is 20.2 Å². The Kier molecular flexibility index (Phi) is 5.75. The zero-order valence-corrected chi connectivity index (χ0v) is 16.1. The highest BCUT2D eigenvalue weighted by atomic mass is 32.1. The van der Waals surface area contributed by atoms with Gasteiger partial charge in [-0.25, -0.2) is 4.79 Å². The third kappa shape index (κ3) is 4.15. The largest absolute Gasteiger partial charge is 0.465 e. The zero-order valence-electron chi connectivity index (χ0n) is 14.4. The van der Waals surface area contributed by atoms with Crippen LogP contribution < -0.4 is 10.6 Å². The smallest absolute Gasteiger partial charge is 0.341 e. The van der Waals surface area contributed by atoms with Gasteiger partial charge >= 0.3 is 5.97 Å². The second-order valence-corrected chi connectivity index (χ2v) is 6.78. The minimum Gasteiger partial charge on any atom is -0.465 e. The van der Waals surface area contributed by atoms with Crippen LogP contribution in [-0.2, 0) is 4.74 Å². The van der Waals surface area contributed by atoms with E-state index in [0.717, 1.165) is 11.3 Å². The molecule has 2 aromatic heterocycles. The number of nitrogens with one attached hydrogen (secondary N) is 2. The molecular weight excluding hydrogens is 364 g/mol. The Morgan fingerprint density at radius 3 is 2.52 bits per heavy atom. The fourth-order valence-corrected chi connectivity index (χ4v) is 3.52. The van der Waals surface area contributed by atoms with E-state index in [2.05, 4.69) is 15.8 Å². The molecule has 0 radical (unpaired) electrons. The monoisotopic (exact) mass is 382 g/mol. The van der Waals surface area contributed by atoms with Gasteiger partial charge in [0.1, 0.15) is 10.8 Å². The molecule has 0 aliphatic carbocycles. The number of ether oxygens (including phenoxy) is 1. The number of carbonyl (C=O) groups is 2. The number of thiophene rings is 1. The summed E-state index contributed by atoms with van der Waals surface area (Å²) in [5.41, 5.74) is 0.816. The molecule has 2 heterocycles. The van der Waals surface area contributed by atoms with Crippen LogP contribution >= 0.6 is 23.6 Å². The number of amides is 1. The zero-order chi connectivity index (χ0) is 18.7. The molecule has 1 amide bonds. The molecule has 2 rings (SSSR count). The molecule has 0 atom stereocenters. The number of carbonyl (C=O) groups excluding carboxylic acids is 2. The van der Waals surface area contributed by atoms with Gasteiger partial charge in [0.2, 0.25) is 0 Å².